The second kappa shape index (κ2) is 4.24. The highest BCUT2D eigenvalue weighted by molar-refractivity contribution is 14.1. The highest BCUT2D eigenvalue weighted by atomic mass is 127. The third-order valence-electron chi connectivity index (χ3n) is 2.85. The third kappa shape index (κ3) is 2.12. The van der Waals surface area contributed by atoms with Gasteiger partial charge < -0.3 is 4.74 Å². The van der Waals surface area contributed by atoms with Crippen molar-refractivity contribution in [1.29, 1.82) is 0 Å². The number of nitrogens with zero attached hydrogens (tertiary/aromatic N) is 1. The molecule has 3 heteroatoms. The number of likely N-dealkylation sites (N-methyl/N-ethyl adjacent to an activating group) is 1. The smallest absolute Gasteiger partial charge is 0.0680 e. The van der Waals surface area contributed by atoms with Gasteiger partial charge in [-0.15, -0.1) is 0 Å². The van der Waals surface area contributed by atoms with Crippen molar-refractivity contribution in [3.63, 3.8) is 0 Å². The van der Waals surface area contributed by atoms with E-state index in [1.54, 1.807) is 0 Å². The quantitative estimate of drug-likeness (QED) is 0.497. The van der Waals surface area contributed by atoms with Crippen LogP contribution in [0.2, 0.25) is 0 Å². The molecule has 1 fully saturated rings. The lowest BCUT2D eigenvalue weighted by molar-refractivity contribution is 0.0628. The number of alkyl halides is 1. The minimum Gasteiger partial charge on any atom is -0.376 e. The summed E-state index contributed by atoms with van der Waals surface area (Å²) in [6, 6.07) is 1.15. The van der Waals surface area contributed by atoms with E-state index in [-0.39, 0.29) is 0 Å². The Morgan fingerprint density at radius 1 is 1.33 bits per heavy atom. The van der Waals surface area contributed by atoms with Gasteiger partial charge in [-0.3, -0.25) is 4.90 Å². The van der Waals surface area contributed by atoms with Gasteiger partial charge in [-0.2, -0.15) is 0 Å². The number of hydrogen-bond acceptors (Lipinski definition) is 2. The molecule has 0 saturated carbocycles. The van der Waals surface area contributed by atoms with Gasteiger partial charge in [0.1, 0.15) is 0 Å². The van der Waals surface area contributed by atoms with Gasteiger partial charge in [-0.25, -0.2) is 0 Å². The van der Waals surface area contributed by atoms with Crippen molar-refractivity contribution in [3.8, 4) is 0 Å². The van der Waals surface area contributed by atoms with E-state index in [9.17, 15) is 0 Å². The number of ether oxygens (including phenoxy) is 1. The van der Waals surface area contributed by atoms with Gasteiger partial charge in [0.25, 0.3) is 0 Å². The molecule has 4 unspecified atom stereocenters. The van der Waals surface area contributed by atoms with Crippen LogP contribution in [0.3, 0.4) is 0 Å². The largest absolute Gasteiger partial charge is 0.376 e. The first-order valence-corrected chi connectivity index (χ1v) is 5.76. The van der Waals surface area contributed by atoms with Gasteiger partial charge in [0.05, 0.1) is 16.6 Å². The van der Waals surface area contributed by atoms with E-state index in [2.05, 4.69) is 55.3 Å². The summed E-state index contributed by atoms with van der Waals surface area (Å²) in [4.78, 5) is 2.40. The topological polar surface area (TPSA) is 12.5 Å². The van der Waals surface area contributed by atoms with Crippen molar-refractivity contribution >= 4 is 22.6 Å². The predicted molar refractivity (Wildman–Crippen MR) is 59.9 cm³/mol. The number of halogens is 1. The van der Waals surface area contributed by atoms with Crippen LogP contribution >= 0.6 is 22.6 Å². The highest BCUT2D eigenvalue weighted by Crippen LogP contribution is 2.23. The highest BCUT2D eigenvalue weighted by Gasteiger charge is 2.30. The van der Waals surface area contributed by atoms with Crippen molar-refractivity contribution in [2.24, 2.45) is 0 Å². The van der Waals surface area contributed by atoms with Crippen LogP contribution in [-0.2, 0) is 4.74 Å². The van der Waals surface area contributed by atoms with E-state index < -0.39 is 0 Å². The Kier molecular flexibility index (Phi) is 3.79. The molecule has 0 amide bonds. The summed E-state index contributed by atoms with van der Waals surface area (Å²) in [7, 11) is 2.18. The van der Waals surface area contributed by atoms with Gasteiger partial charge >= 0.3 is 0 Å². The van der Waals surface area contributed by atoms with Crippen LogP contribution in [0.5, 0.6) is 0 Å². The lowest BCUT2D eigenvalue weighted by Crippen LogP contribution is -2.42. The van der Waals surface area contributed by atoms with Gasteiger partial charge in [0.2, 0.25) is 0 Å². The molecule has 0 N–H and O–H groups in total. The molecule has 12 heavy (non-hydrogen) atoms. The summed E-state index contributed by atoms with van der Waals surface area (Å²) in [6.45, 7) is 7.53. The monoisotopic (exact) mass is 283 g/mol. The van der Waals surface area contributed by atoms with Crippen molar-refractivity contribution in [1.82, 2.24) is 4.90 Å². The Labute approximate surface area is 88.8 Å². The molecule has 1 rings (SSSR count). The number of hydrogen-bond donors (Lipinski definition) is 0. The SMILES string of the molecule is CC1OCC(C)N(C)C(C)C1I. The average Bonchev–Trinajstić information content (AvgIpc) is 2.14. The fourth-order valence-electron chi connectivity index (χ4n) is 1.52. The Bertz CT molecular complexity index is 137. The fraction of sp³-hybridized carbons (Fsp3) is 1.00. The summed E-state index contributed by atoms with van der Waals surface area (Å²) in [5.74, 6) is 0. The van der Waals surface area contributed by atoms with E-state index in [0.717, 1.165) is 6.61 Å². The van der Waals surface area contributed by atoms with E-state index in [1.165, 1.54) is 0 Å². The third-order valence-corrected chi connectivity index (χ3v) is 4.90. The first kappa shape index (κ1) is 10.7. The zero-order valence-corrected chi connectivity index (χ0v) is 10.4. The van der Waals surface area contributed by atoms with Crippen molar-refractivity contribution in [2.45, 2.75) is 42.9 Å². The molecule has 0 aromatic rings. The minimum atomic E-state index is 0.382. The Balaban J connectivity index is 2.68. The second-order valence-corrected chi connectivity index (χ2v) is 5.18. The molecule has 72 valence electrons. The van der Waals surface area contributed by atoms with Gasteiger partial charge in [0.15, 0.2) is 0 Å². The van der Waals surface area contributed by atoms with Crippen molar-refractivity contribution < 1.29 is 4.74 Å². The molecule has 0 aromatic heterocycles. The Hall–Kier alpha value is 0.650. The van der Waals surface area contributed by atoms with E-state index >= 15 is 0 Å². The standard InChI is InChI=1S/C9H18INO/c1-6-5-12-8(3)9(10)7(2)11(6)4/h6-9H,5H2,1-4H3. The van der Waals surface area contributed by atoms with E-state index in [0.29, 0.717) is 22.1 Å². The van der Waals surface area contributed by atoms with Crippen LogP contribution in [0.25, 0.3) is 0 Å². The first-order chi connectivity index (χ1) is 5.54. The summed E-state index contributed by atoms with van der Waals surface area (Å²) in [5.41, 5.74) is 0. The van der Waals surface area contributed by atoms with Crippen LogP contribution < -0.4 is 0 Å². The summed E-state index contributed by atoms with van der Waals surface area (Å²) in [6.07, 6.45) is 0.382. The molecule has 0 bridgehead atoms. The Morgan fingerprint density at radius 2 is 1.92 bits per heavy atom. The van der Waals surface area contributed by atoms with Crippen LogP contribution in [0, 0.1) is 0 Å². The maximum absolute atomic E-state index is 5.72. The molecule has 1 saturated heterocycles. The Morgan fingerprint density at radius 3 is 2.50 bits per heavy atom. The van der Waals surface area contributed by atoms with E-state index in [1.807, 2.05) is 0 Å². The molecule has 0 radical (unpaired) electrons. The maximum Gasteiger partial charge on any atom is 0.0680 e. The second-order valence-electron chi connectivity index (χ2n) is 3.74. The average molecular weight is 283 g/mol. The molecule has 0 aromatic carbocycles. The van der Waals surface area contributed by atoms with Crippen LogP contribution in [0.1, 0.15) is 20.8 Å². The van der Waals surface area contributed by atoms with Crippen LogP contribution in [-0.4, -0.2) is 40.7 Å². The molecular weight excluding hydrogens is 265 g/mol. The van der Waals surface area contributed by atoms with Crippen LogP contribution in [0.15, 0.2) is 0 Å². The fourth-order valence-corrected chi connectivity index (χ4v) is 2.23. The molecule has 1 aliphatic rings. The molecule has 4 atom stereocenters. The van der Waals surface area contributed by atoms with Crippen molar-refractivity contribution in [3.05, 3.63) is 0 Å². The lowest BCUT2D eigenvalue weighted by atomic mass is 10.1. The predicted octanol–water partition coefficient (Wildman–Crippen LogP) is 1.92. The molecule has 2 nitrogen and oxygen atoms in total. The molecule has 0 aliphatic carbocycles. The molecule has 0 spiro atoms. The number of rotatable bonds is 0. The van der Waals surface area contributed by atoms with E-state index in [4.69, 9.17) is 4.74 Å². The summed E-state index contributed by atoms with van der Waals surface area (Å²) < 4.78 is 6.31. The maximum atomic E-state index is 5.72. The molecular formula is C9H18INO. The van der Waals surface area contributed by atoms with Gasteiger partial charge in [-0.05, 0) is 27.8 Å². The van der Waals surface area contributed by atoms with Crippen molar-refractivity contribution in [2.75, 3.05) is 13.7 Å². The minimum absolute atomic E-state index is 0.382. The summed E-state index contributed by atoms with van der Waals surface area (Å²) >= 11 is 2.49. The zero-order chi connectivity index (χ0) is 9.30. The lowest BCUT2D eigenvalue weighted by Gasteiger charge is -2.30. The normalized spacial score (nSPS) is 45.8. The van der Waals surface area contributed by atoms with Gasteiger partial charge in [-0.1, -0.05) is 22.6 Å². The van der Waals surface area contributed by atoms with Crippen LogP contribution in [0.4, 0.5) is 0 Å². The van der Waals surface area contributed by atoms with Gasteiger partial charge in [0, 0.05) is 12.1 Å². The molecule has 1 aliphatic heterocycles. The molecule has 1 heterocycles. The summed E-state index contributed by atoms with van der Waals surface area (Å²) in [5, 5.41) is 0. The first-order valence-electron chi connectivity index (χ1n) is 4.51. The zero-order valence-electron chi connectivity index (χ0n) is 8.25.